The van der Waals surface area contributed by atoms with Gasteiger partial charge in [-0.15, -0.1) is 0 Å². The Kier molecular flexibility index (Phi) is 3.47. The molecule has 1 aromatic carbocycles. The summed E-state index contributed by atoms with van der Waals surface area (Å²) in [6.45, 7) is 1.63. The normalized spacial score (nSPS) is 20.5. The number of nitrogens with one attached hydrogen (secondary N) is 1. The lowest BCUT2D eigenvalue weighted by Crippen LogP contribution is -2.31. The second-order valence-corrected chi connectivity index (χ2v) is 4.44. The number of rotatable bonds is 2. The number of phenolic OH excluding ortho intramolecular Hbond substituents is 2. The van der Waals surface area contributed by atoms with E-state index in [1.165, 1.54) is 0 Å². The first-order valence-electron chi connectivity index (χ1n) is 5.69. The Morgan fingerprint density at radius 1 is 1.24 bits per heavy atom. The minimum absolute atomic E-state index is 0.133. The summed E-state index contributed by atoms with van der Waals surface area (Å²) < 4.78 is 27.2. The predicted octanol–water partition coefficient (Wildman–Crippen LogP) is 1.92. The van der Waals surface area contributed by atoms with Gasteiger partial charge in [0.2, 0.25) is 0 Å². The summed E-state index contributed by atoms with van der Waals surface area (Å²) >= 11 is 0. The second-order valence-electron chi connectivity index (χ2n) is 4.44. The van der Waals surface area contributed by atoms with Crippen LogP contribution >= 0.6 is 0 Å². The molecule has 0 amide bonds. The van der Waals surface area contributed by atoms with Crippen LogP contribution in [0.5, 0.6) is 11.5 Å². The van der Waals surface area contributed by atoms with Gasteiger partial charge in [-0.1, -0.05) is 0 Å². The van der Waals surface area contributed by atoms with E-state index in [-0.39, 0.29) is 17.9 Å². The van der Waals surface area contributed by atoms with Gasteiger partial charge >= 0.3 is 0 Å². The van der Waals surface area contributed by atoms with Crippen LogP contribution in [-0.4, -0.2) is 23.3 Å². The van der Waals surface area contributed by atoms with Crippen LogP contribution in [0.2, 0.25) is 0 Å². The summed E-state index contributed by atoms with van der Waals surface area (Å²) in [6, 6.07) is 0.688. The highest BCUT2D eigenvalue weighted by atomic mass is 19.1. The number of aromatic hydroxyl groups is 2. The van der Waals surface area contributed by atoms with Crippen molar-refractivity contribution >= 4 is 0 Å². The van der Waals surface area contributed by atoms with E-state index in [1.54, 1.807) is 0 Å². The molecule has 1 aliphatic rings. The molecule has 1 fully saturated rings. The van der Waals surface area contributed by atoms with Crippen LogP contribution in [0.15, 0.2) is 6.07 Å². The SMILES string of the molecule is Oc1cc(O)c(F)c(CC2CCCNC2)c1F. The Hall–Kier alpha value is -1.36. The number of benzene rings is 1. The number of piperidine rings is 1. The van der Waals surface area contributed by atoms with Gasteiger partial charge in [-0.2, -0.15) is 0 Å². The first-order valence-corrected chi connectivity index (χ1v) is 5.69. The zero-order valence-electron chi connectivity index (χ0n) is 9.34. The van der Waals surface area contributed by atoms with Crippen molar-refractivity contribution in [1.29, 1.82) is 0 Å². The highest BCUT2D eigenvalue weighted by molar-refractivity contribution is 5.40. The monoisotopic (exact) mass is 243 g/mol. The fourth-order valence-electron chi connectivity index (χ4n) is 2.23. The van der Waals surface area contributed by atoms with Crippen LogP contribution in [-0.2, 0) is 6.42 Å². The third kappa shape index (κ3) is 2.49. The molecule has 3 N–H and O–H groups in total. The summed E-state index contributed by atoms with van der Waals surface area (Å²) in [6.07, 6.45) is 2.05. The molecule has 0 bridgehead atoms. The van der Waals surface area contributed by atoms with Crippen molar-refractivity contribution in [2.24, 2.45) is 5.92 Å². The van der Waals surface area contributed by atoms with Gasteiger partial charge < -0.3 is 15.5 Å². The van der Waals surface area contributed by atoms with Gasteiger partial charge in [-0.05, 0) is 38.3 Å². The highest BCUT2D eigenvalue weighted by Crippen LogP contribution is 2.32. The van der Waals surface area contributed by atoms with Gasteiger partial charge in [0.15, 0.2) is 23.1 Å². The fourth-order valence-corrected chi connectivity index (χ4v) is 2.23. The maximum Gasteiger partial charge on any atom is 0.171 e. The lowest BCUT2D eigenvalue weighted by atomic mass is 9.91. The van der Waals surface area contributed by atoms with Gasteiger partial charge in [0, 0.05) is 11.6 Å². The standard InChI is InChI=1S/C12H15F2NO2/c13-11-8(4-7-2-1-3-15-6-7)12(14)10(17)5-9(11)16/h5,7,15-17H,1-4,6H2. The molecule has 1 aliphatic heterocycles. The quantitative estimate of drug-likeness (QED) is 0.743. The molecule has 3 nitrogen and oxygen atoms in total. The van der Waals surface area contributed by atoms with Gasteiger partial charge in [0.1, 0.15) is 0 Å². The Bertz CT molecular complexity index is 391. The molecular formula is C12H15F2NO2. The fraction of sp³-hybridized carbons (Fsp3) is 0.500. The Labute approximate surface area is 98.1 Å². The van der Waals surface area contributed by atoms with Crippen molar-refractivity contribution in [1.82, 2.24) is 5.32 Å². The summed E-state index contributed by atoms with van der Waals surface area (Å²) in [4.78, 5) is 0. The van der Waals surface area contributed by atoms with E-state index in [9.17, 15) is 19.0 Å². The number of halogens is 2. The van der Waals surface area contributed by atoms with E-state index in [0.717, 1.165) is 19.4 Å². The van der Waals surface area contributed by atoms with Gasteiger partial charge in [0.05, 0.1) is 0 Å². The summed E-state index contributed by atoms with van der Waals surface area (Å²) in [5.74, 6) is -3.21. The van der Waals surface area contributed by atoms with Crippen molar-refractivity contribution in [2.45, 2.75) is 19.3 Å². The van der Waals surface area contributed by atoms with Gasteiger partial charge in [-0.3, -0.25) is 0 Å². The van der Waals surface area contributed by atoms with Crippen molar-refractivity contribution < 1.29 is 19.0 Å². The van der Waals surface area contributed by atoms with Gasteiger partial charge in [-0.25, -0.2) is 8.78 Å². The van der Waals surface area contributed by atoms with E-state index in [0.29, 0.717) is 12.6 Å². The van der Waals surface area contributed by atoms with Crippen LogP contribution in [0.3, 0.4) is 0 Å². The molecule has 1 saturated heterocycles. The number of hydrogen-bond acceptors (Lipinski definition) is 3. The number of phenols is 2. The minimum atomic E-state index is -0.967. The summed E-state index contributed by atoms with van der Waals surface area (Å²) in [5, 5.41) is 21.6. The summed E-state index contributed by atoms with van der Waals surface area (Å²) in [7, 11) is 0. The molecule has 2 rings (SSSR count). The van der Waals surface area contributed by atoms with Crippen molar-refractivity contribution in [2.75, 3.05) is 13.1 Å². The molecule has 0 aromatic heterocycles. The highest BCUT2D eigenvalue weighted by Gasteiger charge is 2.22. The Morgan fingerprint density at radius 3 is 2.41 bits per heavy atom. The first-order chi connectivity index (χ1) is 8.09. The molecule has 0 spiro atoms. The predicted molar refractivity (Wildman–Crippen MR) is 59.0 cm³/mol. The van der Waals surface area contributed by atoms with Gasteiger partial charge in [0.25, 0.3) is 0 Å². The lowest BCUT2D eigenvalue weighted by molar-refractivity contribution is 0.351. The average Bonchev–Trinajstić information content (AvgIpc) is 2.33. The lowest BCUT2D eigenvalue weighted by Gasteiger charge is -2.23. The molecule has 1 aromatic rings. The zero-order valence-corrected chi connectivity index (χ0v) is 9.34. The van der Waals surface area contributed by atoms with Crippen LogP contribution in [0, 0.1) is 17.6 Å². The molecule has 1 unspecified atom stereocenters. The maximum absolute atomic E-state index is 13.6. The zero-order chi connectivity index (χ0) is 12.4. The van der Waals surface area contributed by atoms with Crippen molar-refractivity contribution in [3.8, 4) is 11.5 Å². The first kappa shape index (κ1) is 12.1. The third-order valence-corrected chi connectivity index (χ3v) is 3.14. The molecule has 0 aliphatic carbocycles. The molecule has 94 valence electrons. The minimum Gasteiger partial charge on any atom is -0.505 e. The summed E-state index contributed by atoms with van der Waals surface area (Å²) in [5.41, 5.74) is -0.226. The molecule has 0 radical (unpaired) electrons. The molecule has 0 saturated carbocycles. The Balaban J connectivity index is 2.24. The largest absolute Gasteiger partial charge is 0.505 e. The topological polar surface area (TPSA) is 52.5 Å². The van der Waals surface area contributed by atoms with E-state index < -0.39 is 23.1 Å². The van der Waals surface area contributed by atoms with Crippen molar-refractivity contribution in [3.05, 3.63) is 23.3 Å². The van der Waals surface area contributed by atoms with E-state index >= 15 is 0 Å². The maximum atomic E-state index is 13.6. The molecular weight excluding hydrogens is 228 g/mol. The molecule has 5 heteroatoms. The number of hydrogen-bond donors (Lipinski definition) is 3. The van der Waals surface area contributed by atoms with E-state index in [1.807, 2.05) is 0 Å². The van der Waals surface area contributed by atoms with E-state index in [4.69, 9.17) is 0 Å². The van der Waals surface area contributed by atoms with Crippen LogP contribution in [0.25, 0.3) is 0 Å². The molecule has 1 atom stereocenters. The van der Waals surface area contributed by atoms with Crippen LogP contribution in [0.1, 0.15) is 18.4 Å². The average molecular weight is 243 g/mol. The molecule has 17 heavy (non-hydrogen) atoms. The molecule has 1 heterocycles. The Morgan fingerprint density at radius 2 is 1.88 bits per heavy atom. The van der Waals surface area contributed by atoms with Crippen molar-refractivity contribution in [3.63, 3.8) is 0 Å². The van der Waals surface area contributed by atoms with Crippen LogP contribution < -0.4 is 5.32 Å². The smallest absolute Gasteiger partial charge is 0.171 e. The second kappa shape index (κ2) is 4.87. The third-order valence-electron chi connectivity index (χ3n) is 3.14. The van der Waals surface area contributed by atoms with Crippen LogP contribution in [0.4, 0.5) is 8.78 Å². The van der Waals surface area contributed by atoms with E-state index in [2.05, 4.69) is 5.32 Å².